The zero-order chi connectivity index (χ0) is 26.6. The maximum Gasteiger partial charge on any atom is 0.573 e. The average molecular weight is 513 g/mol. The molecule has 0 spiro atoms. The summed E-state index contributed by atoms with van der Waals surface area (Å²) in [4.78, 5) is 27.3. The molecule has 4 rings (SSSR count). The molecule has 3 aromatic carbocycles. The fourth-order valence-corrected chi connectivity index (χ4v) is 3.47. The number of rotatable bonds is 8. The number of nitrogens with zero attached hydrogens (tertiary/aromatic N) is 5. The molecule has 0 fully saturated rings. The van der Waals surface area contributed by atoms with Crippen molar-refractivity contribution in [2.45, 2.75) is 12.8 Å². The van der Waals surface area contributed by atoms with E-state index < -0.39 is 17.4 Å². The van der Waals surface area contributed by atoms with Crippen molar-refractivity contribution in [1.82, 2.24) is 14.8 Å². The lowest BCUT2D eigenvalue weighted by atomic mass is 10.1. The molecule has 1 amide bonds. The first-order chi connectivity index (χ1) is 17.6. The summed E-state index contributed by atoms with van der Waals surface area (Å²) in [5.74, 6) is 0.0439. The minimum atomic E-state index is -4.77. The van der Waals surface area contributed by atoms with Crippen LogP contribution in [0.4, 0.5) is 29.3 Å². The van der Waals surface area contributed by atoms with Crippen molar-refractivity contribution >= 4 is 17.5 Å². The van der Waals surface area contributed by atoms with E-state index in [1.165, 1.54) is 59.5 Å². The molecule has 0 saturated heterocycles. The highest BCUT2D eigenvalue weighted by molar-refractivity contribution is 5.86. The summed E-state index contributed by atoms with van der Waals surface area (Å²) in [5, 5.41) is 24.7. The highest BCUT2D eigenvalue weighted by Gasteiger charge is 2.31. The van der Waals surface area contributed by atoms with Crippen LogP contribution in [0.2, 0.25) is 0 Å². The molecular weight excluding hydrogens is 495 g/mol. The SMILES string of the molecule is O=C(O)N(CCc1ccc(-c2ncn(-c3ccc(OC(F)(F)F)cc3)n2)cc1)c1ccc([N+](=O)[O-])cc1. The second-order valence-corrected chi connectivity index (χ2v) is 7.71. The van der Waals surface area contributed by atoms with E-state index in [9.17, 15) is 33.2 Å². The first-order valence-electron chi connectivity index (χ1n) is 10.7. The number of alkyl halides is 3. The normalized spacial score (nSPS) is 11.2. The van der Waals surface area contributed by atoms with E-state index in [-0.39, 0.29) is 18.0 Å². The average Bonchev–Trinajstić information content (AvgIpc) is 3.34. The monoisotopic (exact) mass is 513 g/mol. The number of amides is 1. The van der Waals surface area contributed by atoms with Crippen LogP contribution in [0.5, 0.6) is 5.75 Å². The molecular formula is C24H18F3N5O5. The Morgan fingerprint density at radius 1 is 1.03 bits per heavy atom. The molecule has 0 atom stereocenters. The maximum atomic E-state index is 12.3. The van der Waals surface area contributed by atoms with Gasteiger partial charge in [-0.3, -0.25) is 15.0 Å². The van der Waals surface area contributed by atoms with Crippen molar-refractivity contribution in [1.29, 1.82) is 0 Å². The van der Waals surface area contributed by atoms with Crippen LogP contribution >= 0.6 is 0 Å². The van der Waals surface area contributed by atoms with Gasteiger partial charge in [-0.15, -0.1) is 18.3 Å². The second-order valence-electron chi connectivity index (χ2n) is 7.71. The Bertz CT molecular complexity index is 1390. The Morgan fingerprint density at radius 3 is 2.24 bits per heavy atom. The van der Waals surface area contributed by atoms with Crippen LogP contribution in [-0.2, 0) is 6.42 Å². The van der Waals surface area contributed by atoms with E-state index in [4.69, 9.17) is 0 Å². The lowest BCUT2D eigenvalue weighted by Gasteiger charge is -2.19. The van der Waals surface area contributed by atoms with E-state index >= 15 is 0 Å². The lowest BCUT2D eigenvalue weighted by Crippen LogP contribution is -2.31. The van der Waals surface area contributed by atoms with Crippen molar-refractivity contribution in [3.05, 3.63) is 94.8 Å². The first-order valence-corrected chi connectivity index (χ1v) is 10.7. The van der Waals surface area contributed by atoms with Gasteiger partial charge in [0.15, 0.2) is 5.82 Å². The molecule has 10 nitrogen and oxygen atoms in total. The van der Waals surface area contributed by atoms with Crippen LogP contribution in [-0.4, -0.2) is 43.8 Å². The van der Waals surface area contributed by atoms with Gasteiger partial charge in [-0.05, 0) is 48.4 Å². The molecule has 0 aliphatic carbocycles. The molecule has 13 heteroatoms. The Morgan fingerprint density at radius 2 is 1.68 bits per heavy atom. The number of non-ortho nitro benzene ring substituents is 1. The van der Waals surface area contributed by atoms with Crippen LogP contribution < -0.4 is 9.64 Å². The molecule has 0 radical (unpaired) electrons. The Hall–Kier alpha value is -4.94. The van der Waals surface area contributed by atoms with Crippen LogP contribution in [0.25, 0.3) is 17.1 Å². The summed E-state index contributed by atoms with van der Waals surface area (Å²) in [5.41, 5.74) is 2.21. The van der Waals surface area contributed by atoms with E-state index in [0.29, 0.717) is 29.2 Å². The molecule has 1 N–H and O–H groups in total. The number of aromatic nitrogens is 3. The van der Waals surface area contributed by atoms with Gasteiger partial charge in [0.2, 0.25) is 0 Å². The topological polar surface area (TPSA) is 124 Å². The number of carboxylic acid groups (broad SMARTS) is 1. The predicted octanol–water partition coefficient (Wildman–Crippen LogP) is 5.47. The van der Waals surface area contributed by atoms with Gasteiger partial charge in [0.25, 0.3) is 5.69 Å². The largest absolute Gasteiger partial charge is 0.573 e. The fraction of sp³-hybridized carbons (Fsp3) is 0.125. The Balaban J connectivity index is 1.40. The van der Waals surface area contributed by atoms with Gasteiger partial charge in [-0.2, -0.15) is 0 Å². The van der Waals surface area contributed by atoms with Gasteiger partial charge in [0, 0.05) is 29.9 Å². The molecule has 0 saturated carbocycles. The summed E-state index contributed by atoms with van der Waals surface area (Å²) >= 11 is 0. The van der Waals surface area contributed by atoms with Gasteiger partial charge < -0.3 is 9.84 Å². The van der Waals surface area contributed by atoms with Gasteiger partial charge in [-0.1, -0.05) is 24.3 Å². The van der Waals surface area contributed by atoms with E-state index in [2.05, 4.69) is 14.8 Å². The molecule has 190 valence electrons. The summed E-state index contributed by atoms with van der Waals surface area (Å²) in [7, 11) is 0. The number of carbonyl (C=O) groups is 1. The van der Waals surface area contributed by atoms with E-state index in [0.717, 1.165) is 10.5 Å². The van der Waals surface area contributed by atoms with Crippen molar-refractivity contribution in [3.8, 4) is 22.8 Å². The van der Waals surface area contributed by atoms with E-state index in [1.807, 2.05) is 0 Å². The number of halogens is 3. The van der Waals surface area contributed by atoms with Crippen molar-refractivity contribution in [3.63, 3.8) is 0 Å². The van der Waals surface area contributed by atoms with Crippen molar-refractivity contribution < 1.29 is 32.7 Å². The number of hydrogen-bond acceptors (Lipinski definition) is 6. The van der Waals surface area contributed by atoms with E-state index in [1.54, 1.807) is 24.3 Å². The molecule has 0 aliphatic rings. The number of benzene rings is 3. The molecule has 1 aromatic heterocycles. The van der Waals surface area contributed by atoms with Crippen LogP contribution in [0.15, 0.2) is 79.1 Å². The lowest BCUT2D eigenvalue weighted by molar-refractivity contribution is -0.384. The molecule has 37 heavy (non-hydrogen) atoms. The Kier molecular flexibility index (Phi) is 7.04. The number of anilines is 1. The van der Waals surface area contributed by atoms with Gasteiger partial charge in [-0.25, -0.2) is 14.5 Å². The molecule has 4 aromatic rings. The van der Waals surface area contributed by atoms with Gasteiger partial charge >= 0.3 is 12.5 Å². The summed E-state index contributed by atoms with van der Waals surface area (Å²) in [6, 6.07) is 17.6. The highest BCUT2D eigenvalue weighted by Crippen LogP contribution is 2.24. The molecule has 1 heterocycles. The fourth-order valence-electron chi connectivity index (χ4n) is 3.47. The predicted molar refractivity (Wildman–Crippen MR) is 126 cm³/mol. The number of ether oxygens (including phenoxy) is 1. The van der Waals surface area contributed by atoms with Gasteiger partial charge in [0.1, 0.15) is 12.1 Å². The van der Waals surface area contributed by atoms with Crippen molar-refractivity contribution in [2.24, 2.45) is 0 Å². The third-order valence-corrected chi connectivity index (χ3v) is 5.27. The third kappa shape index (κ3) is 6.39. The summed E-state index contributed by atoms with van der Waals surface area (Å²) in [6.07, 6.45) is -4.14. The summed E-state index contributed by atoms with van der Waals surface area (Å²) < 4.78 is 42.2. The smallest absolute Gasteiger partial charge is 0.465 e. The minimum Gasteiger partial charge on any atom is -0.465 e. The van der Waals surface area contributed by atoms with Crippen LogP contribution in [0.1, 0.15) is 5.56 Å². The quantitative estimate of drug-likeness (QED) is 0.245. The Labute approximate surface area is 207 Å². The molecule has 0 unspecified atom stereocenters. The maximum absolute atomic E-state index is 12.3. The second kappa shape index (κ2) is 10.4. The number of nitro groups is 1. The standard InChI is InChI=1S/C24H18F3N5O5/c25-24(26,27)37-21-11-9-19(10-12-21)31-15-28-22(29-31)17-3-1-16(2-4-17)13-14-30(23(33)34)18-5-7-20(8-6-18)32(35)36/h1-12,15H,13-14H2,(H,33,34). The van der Waals surface area contributed by atoms with Crippen LogP contribution in [0.3, 0.4) is 0 Å². The van der Waals surface area contributed by atoms with Crippen LogP contribution in [0, 0.1) is 10.1 Å². The van der Waals surface area contributed by atoms with Crippen molar-refractivity contribution in [2.75, 3.05) is 11.4 Å². The molecule has 0 bridgehead atoms. The summed E-state index contributed by atoms with van der Waals surface area (Å²) in [6.45, 7) is 0.132. The van der Waals surface area contributed by atoms with Gasteiger partial charge in [0.05, 0.1) is 10.6 Å². The minimum absolute atomic E-state index is 0.131. The zero-order valence-electron chi connectivity index (χ0n) is 18.9. The highest BCUT2D eigenvalue weighted by atomic mass is 19.4. The molecule has 0 aliphatic heterocycles. The zero-order valence-corrected chi connectivity index (χ0v) is 18.9. The number of nitro benzene ring substituents is 1. The number of hydrogen-bond donors (Lipinski definition) is 1. The third-order valence-electron chi connectivity index (χ3n) is 5.27. The first kappa shape index (κ1) is 25.2.